The highest BCUT2D eigenvalue weighted by Crippen LogP contribution is 2.45. The molecule has 2 aromatic carbocycles. The van der Waals surface area contributed by atoms with Gasteiger partial charge in [0.05, 0.1) is 16.8 Å². The number of thiophene rings is 1. The molecule has 0 radical (unpaired) electrons. The Bertz CT molecular complexity index is 1550. The molecule has 5 rings (SSSR count). The molecule has 11 heteroatoms. The number of nitrogens with zero attached hydrogens (tertiary/aromatic N) is 2. The second kappa shape index (κ2) is 12.5. The number of thiazole rings is 1. The number of carbonyl (C=O) groups is 2. The summed E-state index contributed by atoms with van der Waals surface area (Å²) < 4.78 is 21.1. The summed E-state index contributed by atoms with van der Waals surface area (Å²) in [5.41, 5.74) is 4.39. The van der Waals surface area contributed by atoms with Crippen LogP contribution < -0.4 is 16.0 Å². The average molecular weight is 582 g/mol. The maximum absolute atomic E-state index is 15.1. The second-order valence-electron chi connectivity index (χ2n) is 9.77. The van der Waals surface area contributed by atoms with Crippen LogP contribution in [0.2, 0.25) is 0 Å². The van der Waals surface area contributed by atoms with Gasteiger partial charge in [-0.1, -0.05) is 12.1 Å². The number of methoxy groups -OCH3 is 1. The first-order valence-corrected chi connectivity index (χ1v) is 14.8. The van der Waals surface area contributed by atoms with E-state index in [0.717, 1.165) is 45.3 Å². The van der Waals surface area contributed by atoms with Gasteiger partial charge in [0.2, 0.25) is 5.91 Å². The number of halogens is 1. The highest BCUT2D eigenvalue weighted by Gasteiger charge is 2.25. The number of amides is 2. The van der Waals surface area contributed by atoms with Gasteiger partial charge in [-0.25, -0.2) is 9.37 Å². The lowest BCUT2D eigenvalue weighted by Crippen LogP contribution is -2.24. The van der Waals surface area contributed by atoms with E-state index in [1.54, 1.807) is 56.0 Å². The third kappa shape index (κ3) is 6.08. The van der Waals surface area contributed by atoms with Gasteiger partial charge in [-0.3, -0.25) is 9.59 Å². The first-order valence-electron chi connectivity index (χ1n) is 13.1. The lowest BCUT2D eigenvalue weighted by Gasteiger charge is -2.13. The van der Waals surface area contributed by atoms with E-state index in [4.69, 9.17) is 9.72 Å². The molecule has 0 unspecified atom stereocenters. The normalized spacial score (nSPS) is 12.9. The van der Waals surface area contributed by atoms with Crippen LogP contribution in [-0.4, -0.2) is 69.1 Å². The van der Waals surface area contributed by atoms with Crippen molar-refractivity contribution < 1.29 is 18.7 Å². The van der Waals surface area contributed by atoms with Gasteiger partial charge in [0, 0.05) is 68.8 Å². The smallest absolute Gasteiger partial charge is 0.253 e. The molecule has 2 amide bonds. The van der Waals surface area contributed by atoms with E-state index < -0.39 is 5.82 Å². The van der Waals surface area contributed by atoms with Crippen LogP contribution in [0.15, 0.2) is 36.4 Å². The summed E-state index contributed by atoms with van der Waals surface area (Å²) in [6, 6.07) is 10.3. The number of aromatic nitrogens is 1. The van der Waals surface area contributed by atoms with Crippen LogP contribution in [0.5, 0.6) is 0 Å². The fourth-order valence-corrected chi connectivity index (χ4v) is 7.01. The number of ether oxygens (including phenoxy) is 1. The summed E-state index contributed by atoms with van der Waals surface area (Å²) in [7, 11) is 4.93. The zero-order valence-corrected chi connectivity index (χ0v) is 24.4. The Morgan fingerprint density at radius 3 is 2.77 bits per heavy atom. The Morgan fingerprint density at radius 1 is 1.15 bits per heavy atom. The molecule has 1 aliphatic heterocycles. The predicted molar refractivity (Wildman–Crippen MR) is 160 cm³/mol. The predicted octanol–water partition coefficient (Wildman–Crippen LogP) is 4.74. The summed E-state index contributed by atoms with van der Waals surface area (Å²) in [4.78, 5) is 32.6. The minimum absolute atomic E-state index is 0.0483. The van der Waals surface area contributed by atoms with Gasteiger partial charge in [-0.2, -0.15) is 0 Å². The van der Waals surface area contributed by atoms with E-state index >= 15 is 4.39 Å². The van der Waals surface area contributed by atoms with Crippen LogP contribution in [-0.2, 0) is 22.5 Å². The number of anilines is 1. The molecular weight excluding hydrogens is 549 g/mol. The zero-order chi connectivity index (χ0) is 28.2. The molecule has 0 atom stereocenters. The Balaban J connectivity index is 1.43. The SMILES string of the molecule is COCCNCCC(=O)Nc1sc2c(c1-c1nc3cc(-c4ccc(C(=O)N(C)C)cc4F)ccc3s1)CCNC2. The fourth-order valence-electron chi connectivity index (χ4n) is 4.68. The van der Waals surface area contributed by atoms with Gasteiger partial charge in [0.25, 0.3) is 5.91 Å². The monoisotopic (exact) mass is 581 g/mol. The van der Waals surface area contributed by atoms with Crippen molar-refractivity contribution in [3.63, 3.8) is 0 Å². The minimum Gasteiger partial charge on any atom is -0.383 e. The molecule has 0 fully saturated rings. The maximum atomic E-state index is 15.1. The third-order valence-electron chi connectivity index (χ3n) is 6.73. The Morgan fingerprint density at radius 2 is 2.00 bits per heavy atom. The van der Waals surface area contributed by atoms with Crippen LogP contribution >= 0.6 is 22.7 Å². The van der Waals surface area contributed by atoms with Crippen molar-refractivity contribution in [2.45, 2.75) is 19.4 Å². The van der Waals surface area contributed by atoms with Crippen LogP contribution in [0.25, 0.3) is 31.9 Å². The molecule has 1 aliphatic rings. The van der Waals surface area contributed by atoms with Gasteiger partial charge < -0.3 is 25.6 Å². The van der Waals surface area contributed by atoms with E-state index in [9.17, 15) is 9.59 Å². The van der Waals surface area contributed by atoms with E-state index in [-0.39, 0.29) is 11.8 Å². The largest absolute Gasteiger partial charge is 0.383 e. The Kier molecular flexibility index (Phi) is 8.87. The second-order valence-corrected chi connectivity index (χ2v) is 11.9. The van der Waals surface area contributed by atoms with Crippen molar-refractivity contribution in [3.8, 4) is 21.7 Å². The lowest BCUT2D eigenvalue weighted by molar-refractivity contribution is -0.116. The molecule has 40 heavy (non-hydrogen) atoms. The molecule has 0 aliphatic carbocycles. The first-order chi connectivity index (χ1) is 19.4. The van der Waals surface area contributed by atoms with Crippen molar-refractivity contribution in [3.05, 3.63) is 58.2 Å². The van der Waals surface area contributed by atoms with E-state index in [0.29, 0.717) is 42.8 Å². The molecule has 0 bridgehead atoms. The van der Waals surface area contributed by atoms with Gasteiger partial charge >= 0.3 is 0 Å². The van der Waals surface area contributed by atoms with Gasteiger partial charge in [-0.05, 0) is 48.4 Å². The van der Waals surface area contributed by atoms with Crippen LogP contribution in [0.4, 0.5) is 9.39 Å². The number of carbonyl (C=O) groups excluding carboxylic acids is 2. The maximum Gasteiger partial charge on any atom is 0.253 e. The van der Waals surface area contributed by atoms with E-state index in [1.807, 2.05) is 18.2 Å². The number of rotatable bonds is 10. The highest BCUT2D eigenvalue weighted by atomic mass is 32.1. The summed E-state index contributed by atoms with van der Waals surface area (Å²) in [6.45, 7) is 3.51. The Hall–Kier alpha value is -3.22. The molecule has 0 saturated heterocycles. The van der Waals surface area contributed by atoms with Crippen molar-refractivity contribution >= 4 is 49.7 Å². The molecule has 3 N–H and O–H groups in total. The number of hydrogen-bond donors (Lipinski definition) is 3. The topological polar surface area (TPSA) is 95.6 Å². The van der Waals surface area contributed by atoms with E-state index in [2.05, 4.69) is 16.0 Å². The number of hydrogen-bond acceptors (Lipinski definition) is 8. The number of nitrogens with one attached hydrogen (secondary N) is 3. The number of fused-ring (bicyclic) bond motifs is 2. The molecule has 210 valence electrons. The molecular formula is C29H32FN5O3S2. The van der Waals surface area contributed by atoms with Crippen LogP contribution in [0.3, 0.4) is 0 Å². The lowest BCUT2D eigenvalue weighted by atomic mass is 10.0. The minimum atomic E-state index is -0.455. The van der Waals surface area contributed by atoms with Crippen LogP contribution in [0.1, 0.15) is 27.2 Å². The van der Waals surface area contributed by atoms with Crippen molar-refractivity contribution in [1.82, 2.24) is 20.5 Å². The molecule has 0 spiro atoms. The first kappa shape index (κ1) is 28.3. The fraction of sp³-hybridized carbons (Fsp3) is 0.345. The Labute approximate surface area is 240 Å². The molecule has 0 saturated carbocycles. The van der Waals surface area contributed by atoms with Crippen molar-refractivity contribution in [2.75, 3.05) is 52.8 Å². The van der Waals surface area contributed by atoms with Crippen molar-refractivity contribution in [2.24, 2.45) is 0 Å². The summed E-state index contributed by atoms with van der Waals surface area (Å²) >= 11 is 3.17. The standard InChI is InChI=1S/C29H32FN5O3S2/c1-35(2)29(37)18-4-6-19(21(30)14-18)17-5-7-23-22(15-17)33-27(39-23)26-20-8-10-32-16-24(20)40-28(26)34-25(36)9-11-31-12-13-38-3/h4-7,14-15,31-32H,8-13,16H2,1-3H3,(H,34,36). The van der Waals surface area contributed by atoms with E-state index in [1.165, 1.54) is 21.4 Å². The molecule has 8 nitrogen and oxygen atoms in total. The van der Waals surface area contributed by atoms with Gasteiger partial charge in [0.1, 0.15) is 15.8 Å². The van der Waals surface area contributed by atoms with Gasteiger partial charge in [0.15, 0.2) is 0 Å². The highest BCUT2D eigenvalue weighted by molar-refractivity contribution is 7.23. The average Bonchev–Trinajstić information content (AvgIpc) is 3.52. The third-order valence-corrected chi connectivity index (χ3v) is 8.93. The molecule has 4 aromatic rings. The summed E-state index contributed by atoms with van der Waals surface area (Å²) in [5, 5.41) is 11.4. The number of benzene rings is 2. The quantitative estimate of drug-likeness (QED) is 0.234. The van der Waals surface area contributed by atoms with Crippen LogP contribution in [0, 0.1) is 5.82 Å². The molecule has 2 aromatic heterocycles. The molecule has 3 heterocycles. The van der Waals surface area contributed by atoms with Gasteiger partial charge in [-0.15, -0.1) is 22.7 Å². The van der Waals surface area contributed by atoms with Crippen molar-refractivity contribution in [1.29, 1.82) is 0 Å². The summed E-state index contributed by atoms with van der Waals surface area (Å²) in [6.07, 6.45) is 1.22. The zero-order valence-electron chi connectivity index (χ0n) is 22.7. The summed E-state index contributed by atoms with van der Waals surface area (Å²) in [5.74, 6) is -0.749.